The second-order valence-corrected chi connectivity index (χ2v) is 6.06. The Balaban J connectivity index is 1.83. The van der Waals surface area contributed by atoms with Crippen molar-refractivity contribution in [3.8, 4) is 11.6 Å². The summed E-state index contributed by atoms with van der Waals surface area (Å²) in [5.74, 6) is -0.880. The largest absolute Gasteiger partial charge is 0.467 e. The number of halogens is 4. The molecule has 1 heterocycles. The third-order valence-electron chi connectivity index (χ3n) is 3.63. The number of para-hydroxylation sites is 3. The SMILES string of the molecule is Nc1ccccc1NC(=O)COc1cc(C(F)(F)F)nn1-c1ccccc1Cl. The van der Waals surface area contributed by atoms with Gasteiger partial charge >= 0.3 is 6.18 Å². The minimum Gasteiger partial charge on any atom is -0.467 e. The number of benzene rings is 2. The number of nitrogens with zero attached hydrogens (tertiary/aromatic N) is 2. The fourth-order valence-electron chi connectivity index (χ4n) is 2.34. The minimum atomic E-state index is -4.69. The van der Waals surface area contributed by atoms with Crippen LogP contribution in [0, 0.1) is 0 Å². The molecule has 0 atom stereocenters. The first-order chi connectivity index (χ1) is 13.3. The molecule has 146 valence electrons. The van der Waals surface area contributed by atoms with Crippen molar-refractivity contribution < 1.29 is 22.7 Å². The molecule has 6 nitrogen and oxygen atoms in total. The highest BCUT2D eigenvalue weighted by Gasteiger charge is 2.36. The smallest absolute Gasteiger partial charge is 0.435 e. The molecule has 1 aromatic heterocycles. The number of anilines is 2. The van der Waals surface area contributed by atoms with E-state index in [9.17, 15) is 18.0 Å². The van der Waals surface area contributed by atoms with E-state index in [2.05, 4.69) is 10.4 Å². The Labute approximate surface area is 162 Å². The van der Waals surface area contributed by atoms with Crippen molar-refractivity contribution in [2.75, 3.05) is 17.7 Å². The second-order valence-electron chi connectivity index (χ2n) is 5.65. The van der Waals surface area contributed by atoms with Crippen LogP contribution in [0.3, 0.4) is 0 Å². The number of alkyl halides is 3. The molecule has 0 fully saturated rings. The van der Waals surface area contributed by atoms with Crippen molar-refractivity contribution in [3.05, 3.63) is 65.3 Å². The van der Waals surface area contributed by atoms with Gasteiger partial charge in [0.1, 0.15) is 0 Å². The van der Waals surface area contributed by atoms with Gasteiger partial charge in [0.2, 0.25) is 5.88 Å². The number of rotatable bonds is 5. The van der Waals surface area contributed by atoms with Crippen LogP contribution in [0.1, 0.15) is 5.69 Å². The molecule has 0 spiro atoms. The van der Waals surface area contributed by atoms with Gasteiger partial charge in [0, 0.05) is 6.07 Å². The Morgan fingerprint density at radius 3 is 2.54 bits per heavy atom. The van der Waals surface area contributed by atoms with Crippen LogP contribution >= 0.6 is 11.6 Å². The molecule has 1 amide bonds. The Bertz CT molecular complexity index is 1000. The summed E-state index contributed by atoms with van der Waals surface area (Å²) in [7, 11) is 0. The maximum absolute atomic E-state index is 13.1. The van der Waals surface area contributed by atoms with Crippen molar-refractivity contribution in [1.29, 1.82) is 0 Å². The molecule has 0 aliphatic carbocycles. The number of carbonyl (C=O) groups is 1. The van der Waals surface area contributed by atoms with E-state index in [-0.39, 0.29) is 16.6 Å². The van der Waals surface area contributed by atoms with Crippen molar-refractivity contribution in [2.45, 2.75) is 6.18 Å². The van der Waals surface area contributed by atoms with E-state index in [0.29, 0.717) is 17.4 Å². The summed E-state index contributed by atoms with van der Waals surface area (Å²) in [6.45, 7) is -0.554. The van der Waals surface area contributed by atoms with Crippen molar-refractivity contribution in [1.82, 2.24) is 9.78 Å². The lowest BCUT2D eigenvalue weighted by Crippen LogP contribution is -2.21. The monoisotopic (exact) mass is 410 g/mol. The van der Waals surface area contributed by atoms with Crippen LogP contribution in [0.25, 0.3) is 5.69 Å². The zero-order chi connectivity index (χ0) is 20.3. The highest BCUT2D eigenvalue weighted by atomic mass is 35.5. The first kappa shape index (κ1) is 19.6. The molecule has 0 unspecified atom stereocenters. The predicted molar refractivity (Wildman–Crippen MR) is 98.6 cm³/mol. The molecule has 3 rings (SSSR count). The van der Waals surface area contributed by atoms with E-state index >= 15 is 0 Å². The highest BCUT2D eigenvalue weighted by Crippen LogP contribution is 2.33. The van der Waals surface area contributed by atoms with Crippen molar-refractivity contribution >= 4 is 28.9 Å². The summed E-state index contributed by atoms with van der Waals surface area (Å²) in [5, 5.41) is 6.21. The van der Waals surface area contributed by atoms with E-state index in [0.717, 1.165) is 4.68 Å². The Hall–Kier alpha value is -3.20. The number of nitrogens with two attached hydrogens (primary N) is 1. The molecule has 0 saturated carbocycles. The fraction of sp³-hybridized carbons (Fsp3) is 0.111. The molecule has 0 saturated heterocycles. The normalized spacial score (nSPS) is 11.3. The average Bonchev–Trinajstić information content (AvgIpc) is 3.07. The van der Waals surface area contributed by atoms with E-state index in [1.807, 2.05) is 0 Å². The van der Waals surface area contributed by atoms with Gasteiger partial charge in [-0.2, -0.15) is 23.0 Å². The number of nitrogens with one attached hydrogen (secondary N) is 1. The van der Waals surface area contributed by atoms with Crippen LogP contribution in [0.15, 0.2) is 54.6 Å². The van der Waals surface area contributed by atoms with Crippen LogP contribution in [-0.4, -0.2) is 22.3 Å². The first-order valence-electron chi connectivity index (χ1n) is 7.95. The zero-order valence-electron chi connectivity index (χ0n) is 14.2. The molecule has 3 aromatic rings. The third kappa shape index (κ3) is 4.37. The van der Waals surface area contributed by atoms with Crippen LogP contribution in [0.4, 0.5) is 24.5 Å². The van der Waals surface area contributed by atoms with Crippen molar-refractivity contribution in [2.24, 2.45) is 0 Å². The van der Waals surface area contributed by atoms with Gasteiger partial charge in [-0.1, -0.05) is 35.9 Å². The van der Waals surface area contributed by atoms with Crippen LogP contribution < -0.4 is 15.8 Å². The average molecular weight is 411 g/mol. The lowest BCUT2D eigenvalue weighted by Gasteiger charge is -2.11. The Kier molecular flexibility index (Phi) is 5.46. The second kappa shape index (κ2) is 7.81. The fourth-order valence-corrected chi connectivity index (χ4v) is 2.55. The van der Waals surface area contributed by atoms with Crippen LogP contribution in [0.2, 0.25) is 5.02 Å². The van der Waals surface area contributed by atoms with Gasteiger partial charge in [-0.15, -0.1) is 0 Å². The zero-order valence-corrected chi connectivity index (χ0v) is 15.0. The first-order valence-corrected chi connectivity index (χ1v) is 8.33. The summed E-state index contributed by atoms with van der Waals surface area (Å²) in [6.07, 6.45) is -4.69. The molecule has 28 heavy (non-hydrogen) atoms. The van der Waals surface area contributed by atoms with Crippen LogP contribution in [-0.2, 0) is 11.0 Å². The minimum absolute atomic E-state index is 0.172. The number of nitrogen functional groups attached to an aromatic ring is 1. The van der Waals surface area contributed by atoms with Gasteiger partial charge in [0.15, 0.2) is 12.3 Å². The summed E-state index contributed by atoms with van der Waals surface area (Å²) in [5.41, 5.74) is 5.46. The highest BCUT2D eigenvalue weighted by molar-refractivity contribution is 6.32. The maximum atomic E-state index is 13.1. The summed E-state index contributed by atoms with van der Waals surface area (Å²) in [4.78, 5) is 12.1. The standard InChI is InChI=1S/C18H14ClF3N4O2/c19-11-5-1-4-8-14(11)26-17(9-15(25-26)18(20,21)22)28-10-16(27)24-13-7-3-2-6-12(13)23/h1-9H,10,23H2,(H,24,27). The lowest BCUT2D eigenvalue weighted by molar-refractivity contribution is -0.141. The van der Waals surface area contributed by atoms with Gasteiger partial charge in [0.05, 0.1) is 22.1 Å². The summed E-state index contributed by atoms with van der Waals surface area (Å²) >= 11 is 6.05. The van der Waals surface area contributed by atoms with Gasteiger partial charge in [0.25, 0.3) is 5.91 Å². The molecule has 0 radical (unpaired) electrons. The third-order valence-corrected chi connectivity index (χ3v) is 3.95. The Morgan fingerprint density at radius 2 is 1.86 bits per heavy atom. The number of ether oxygens (including phenoxy) is 1. The number of amides is 1. The lowest BCUT2D eigenvalue weighted by atomic mass is 10.3. The van der Waals surface area contributed by atoms with Gasteiger partial charge in [-0.3, -0.25) is 4.79 Å². The number of hydrogen-bond acceptors (Lipinski definition) is 4. The molecule has 0 aliphatic rings. The van der Waals surface area contributed by atoms with E-state index in [4.69, 9.17) is 22.1 Å². The number of aromatic nitrogens is 2. The molecule has 3 N–H and O–H groups in total. The molecular weight excluding hydrogens is 397 g/mol. The van der Waals surface area contributed by atoms with Crippen LogP contribution in [0.5, 0.6) is 5.88 Å². The maximum Gasteiger partial charge on any atom is 0.435 e. The van der Waals surface area contributed by atoms with Gasteiger partial charge in [-0.05, 0) is 24.3 Å². The molecule has 2 aromatic carbocycles. The topological polar surface area (TPSA) is 82.2 Å². The van der Waals surface area contributed by atoms with E-state index < -0.39 is 24.4 Å². The summed E-state index contributed by atoms with van der Waals surface area (Å²) < 4.78 is 45.4. The molecular formula is C18H14ClF3N4O2. The summed E-state index contributed by atoms with van der Waals surface area (Å²) in [6, 6.07) is 13.4. The number of hydrogen-bond donors (Lipinski definition) is 2. The quantitative estimate of drug-likeness (QED) is 0.619. The molecule has 0 bridgehead atoms. The van der Waals surface area contributed by atoms with E-state index in [1.165, 1.54) is 12.1 Å². The molecule has 10 heteroatoms. The van der Waals surface area contributed by atoms with Gasteiger partial charge in [-0.25, -0.2) is 0 Å². The predicted octanol–water partition coefficient (Wildman–Crippen LogP) is 4.14. The number of carbonyl (C=O) groups excluding carboxylic acids is 1. The molecule has 0 aliphatic heterocycles. The Morgan fingerprint density at radius 1 is 1.18 bits per heavy atom. The van der Waals surface area contributed by atoms with E-state index in [1.54, 1.807) is 36.4 Å². The van der Waals surface area contributed by atoms with Gasteiger partial charge < -0.3 is 15.8 Å². The van der Waals surface area contributed by atoms with Crippen molar-refractivity contribution in [3.63, 3.8) is 0 Å².